The molecule has 0 saturated heterocycles. The van der Waals surface area contributed by atoms with E-state index < -0.39 is 4.87 Å². The summed E-state index contributed by atoms with van der Waals surface area (Å²) in [4.78, 5) is 11.2. The first-order valence-corrected chi connectivity index (χ1v) is 5.33. The van der Waals surface area contributed by atoms with E-state index in [2.05, 4.69) is 0 Å². The van der Waals surface area contributed by atoms with Crippen molar-refractivity contribution in [3.05, 3.63) is 0 Å². The molecule has 0 aromatic rings. The summed E-state index contributed by atoms with van der Waals surface area (Å²) in [5.41, 5.74) is 0. The summed E-state index contributed by atoms with van der Waals surface area (Å²) in [6, 6.07) is 0. The summed E-state index contributed by atoms with van der Waals surface area (Å²) >= 11 is 6.38. The van der Waals surface area contributed by atoms with Gasteiger partial charge in [0, 0.05) is 6.42 Å². The number of hydrogen-bond acceptors (Lipinski definition) is 1. The number of carbonyl (C=O) groups excluding carboxylic acids is 1. The summed E-state index contributed by atoms with van der Waals surface area (Å²) < 4.78 is 0. The molecule has 0 aromatic heterocycles. The fourth-order valence-corrected chi connectivity index (χ4v) is 3.11. The first kappa shape index (κ1) is 8.55. The molecule has 2 atom stereocenters. The summed E-state index contributed by atoms with van der Waals surface area (Å²) in [7, 11) is 0. The normalized spacial score (nSPS) is 42.4. The fourth-order valence-electron chi connectivity index (χ4n) is 2.66. The van der Waals surface area contributed by atoms with Crippen LogP contribution in [0.3, 0.4) is 0 Å². The second kappa shape index (κ2) is 3.02. The standard InChI is InChI=1S/C10H15ClO/c11-10-7-2-1-4-8(10)5-3-6-9(10)12/h8H,1-7H2. The van der Waals surface area contributed by atoms with Gasteiger partial charge >= 0.3 is 0 Å². The SMILES string of the molecule is O=C1CCCC2CCCCC12Cl. The Hall–Kier alpha value is -0.0400. The van der Waals surface area contributed by atoms with Gasteiger partial charge in [-0.2, -0.15) is 0 Å². The van der Waals surface area contributed by atoms with E-state index in [0.29, 0.717) is 11.7 Å². The Morgan fingerprint density at radius 1 is 1.25 bits per heavy atom. The molecule has 2 aliphatic rings. The Balaban J connectivity index is 2.20. The Kier molecular flexibility index (Phi) is 2.16. The van der Waals surface area contributed by atoms with Gasteiger partial charge in [0.05, 0.1) is 0 Å². The van der Waals surface area contributed by atoms with Crippen molar-refractivity contribution in [2.75, 3.05) is 0 Å². The molecule has 0 aliphatic heterocycles. The lowest BCUT2D eigenvalue weighted by atomic mass is 9.69. The van der Waals surface area contributed by atoms with Crippen LogP contribution in [0.4, 0.5) is 0 Å². The van der Waals surface area contributed by atoms with E-state index in [1.807, 2.05) is 0 Å². The molecule has 2 rings (SSSR count). The van der Waals surface area contributed by atoms with Crippen molar-refractivity contribution in [1.82, 2.24) is 0 Å². The monoisotopic (exact) mass is 186 g/mol. The number of alkyl halides is 1. The lowest BCUT2D eigenvalue weighted by molar-refractivity contribution is -0.126. The minimum Gasteiger partial charge on any atom is -0.298 e. The third-order valence-corrected chi connectivity index (χ3v) is 4.12. The first-order chi connectivity index (χ1) is 5.73. The average Bonchev–Trinajstić information content (AvgIpc) is 2.07. The highest BCUT2D eigenvalue weighted by molar-refractivity contribution is 6.35. The third-order valence-electron chi connectivity index (χ3n) is 3.41. The number of Topliss-reactive ketones (excluding diaryl/α,β-unsaturated/α-hetero) is 1. The number of rotatable bonds is 0. The van der Waals surface area contributed by atoms with Gasteiger partial charge in [-0.05, 0) is 31.6 Å². The van der Waals surface area contributed by atoms with Crippen LogP contribution < -0.4 is 0 Å². The van der Waals surface area contributed by atoms with Crippen molar-refractivity contribution >= 4 is 17.4 Å². The molecule has 12 heavy (non-hydrogen) atoms. The lowest BCUT2D eigenvalue weighted by Crippen LogP contribution is -2.45. The van der Waals surface area contributed by atoms with E-state index in [1.165, 1.54) is 19.3 Å². The summed E-state index contributed by atoms with van der Waals surface area (Å²) in [5, 5.41) is 0. The lowest BCUT2D eigenvalue weighted by Gasteiger charge is -2.41. The Bertz CT molecular complexity index is 200. The molecule has 0 N–H and O–H groups in total. The second-order valence-electron chi connectivity index (χ2n) is 4.12. The Labute approximate surface area is 78.5 Å². The molecule has 2 unspecified atom stereocenters. The highest BCUT2D eigenvalue weighted by atomic mass is 35.5. The highest BCUT2D eigenvalue weighted by Gasteiger charge is 2.46. The van der Waals surface area contributed by atoms with Crippen LogP contribution in [0.1, 0.15) is 44.9 Å². The fraction of sp³-hybridized carbons (Fsp3) is 0.900. The topological polar surface area (TPSA) is 17.1 Å². The van der Waals surface area contributed by atoms with Gasteiger partial charge in [-0.25, -0.2) is 0 Å². The predicted octanol–water partition coefficient (Wildman–Crippen LogP) is 2.91. The van der Waals surface area contributed by atoms with Gasteiger partial charge < -0.3 is 0 Å². The van der Waals surface area contributed by atoms with Crippen LogP contribution in [0.2, 0.25) is 0 Å². The third kappa shape index (κ3) is 1.19. The Morgan fingerprint density at radius 2 is 2.00 bits per heavy atom. The summed E-state index contributed by atoms with van der Waals surface area (Å²) in [5.74, 6) is 0.814. The van der Waals surface area contributed by atoms with Crippen LogP contribution >= 0.6 is 11.6 Å². The molecule has 0 spiro atoms. The molecule has 0 aromatic carbocycles. The zero-order chi connectivity index (χ0) is 8.60. The van der Waals surface area contributed by atoms with Gasteiger partial charge in [0.1, 0.15) is 4.87 Å². The van der Waals surface area contributed by atoms with Gasteiger partial charge in [0.25, 0.3) is 0 Å². The molecule has 0 bridgehead atoms. The number of ketones is 1. The van der Waals surface area contributed by atoms with Crippen molar-refractivity contribution in [3.63, 3.8) is 0 Å². The number of halogens is 1. The highest BCUT2D eigenvalue weighted by Crippen LogP contribution is 2.46. The largest absolute Gasteiger partial charge is 0.298 e. The molecule has 0 heterocycles. The van der Waals surface area contributed by atoms with Crippen LogP contribution in [0.5, 0.6) is 0 Å². The van der Waals surface area contributed by atoms with Crippen molar-refractivity contribution < 1.29 is 4.79 Å². The van der Waals surface area contributed by atoms with E-state index in [0.717, 1.165) is 25.7 Å². The summed E-state index contributed by atoms with van der Waals surface area (Å²) in [6.07, 6.45) is 7.48. The van der Waals surface area contributed by atoms with Gasteiger partial charge in [-0.3, -0.25) is 4.79 Å². The summed E-state index contributed by atoms with van der Waals surface area (Å²) in [6.45, 7) is 0. The molecule has 2 fully saturated rings. The number of carbonyl (C=O) groups is 1. The second-order valence-corrected chi connectivity index (χ2v) is 4.80. The van der Waals surface area contributed by atoms with Gasteiger partial charge in [0.15, 0.2) is 5.78 Å². The molecule has 68 valence electrons. The van der Waals surface area contributed by atoms with Crippen LogP contribution in [0.15, 0.2) is 0 Å². The zero-order valence-electron chi connectivity index (χ0n) is 7.31. The van der Waals surface area contributed by atoms with E-state index in [-0.39, 0.29) is 0 Å². The molecular formula is C10H15ClO. The van der Waals surface area contributed by atoms with E-state index in [1.54, 1.807) is 0 Å². The van der Waals surface area contributed by atoms with Crippen LogP contribution in [-0.2, 0) is 4.79 Å². The van der Waals surface area contributed by atoms with Gasteiger partial charge in [-0.1, -0.05) is 12.8 Å². The smallest absolute Gasteiger partial charge is 0.154 e. The maximum absolute atomic E-state index is 11.6. The van der Waals surface area contributed by atoms with Crippen molar-refractivity contribution in [2.24, 2.45) is 5.92 Å². The van der Waals surface area contributed by atoms with Crippen LogP contribution in [0.25, 0.3) is 0 Å². The molecule has 1 nitrogen and oxygen atoms in total. The molecule has 0 amide bonds. The average molecular weight is 187 g/mol. The zero-order valence-corrected chi connectivity index (χ0v) is 8.07. The minimum atomic E-state index is -0.434. The molecule has 2 saturated carbocycles. The van der Waals surface area contributed by atoms with Crippen molar-refractivity contribution in [2.45, 2.75) is 49.8 Å². The van der Waals surface area contributed by atoms with Crippen LogP contribution in [-0.4, -0.2) is 10.7 Å². The minimum absolute atomic E-state index is 0.320. The predicted molar refractivity (Wildman–Crippen MR) is 49.4 cm³/mol. The molecular weight excluding hydrogens is 172 g/mol. The Morgan fingerprint density at radius 3 is 2.75 bits per heavy atom. The van der Waals surface area contributed by atoms with Gasteiger partial charge in [-0.15, -0.1) is 11.6 Å². The first-order valence-electron chi connectivity index (χ1n) is 4.96. The number of hydrogen-bond donors (Lipinski definition) is 0. The van der Waals surface area contributed by atoms with Crippen LogP contribution in [0, 0.1) is 5.92 Å². The van der Waals surface area contributed by atoms with E-state index in [9.17, 15) is 4.79 Å². The van der Waals surface area contributed by atoms with Gasteiger partial charge in [0.2, 0.25) is 0 Å². The quantitative estimate of drug-likeness (QED) is 0.532. The van der Waals surface area contributed by atoms with E-state index >= 15 is 0 Å². The number of fused-ring (bicyclic) bond motifs is 1. The van der Waals surface area contributed by atoms with Crippen molar-refractivity contribution in [3.8, 4) is 0 Å². The maximum atomic E-state index is 11.6. The van der Waals surface area contributed by atoms with E-state index in [4.69, 9.17) is 11.6 Å². The molecule has 2 aliphatic carbocycles. The molecule has 0 radical (unpaired) electrons. The van der Waals surface area contributed by atoms with Crippen molar-refractivity contribution in [1.29, 1.82) is 0 Å². The maximum Gasteiger partial charge on any atom is 0.154 e. The molecule has 2 heteroatoms.